The summed E-state index contributed by atoms with van der Waals surface area (Å²) in [6, 6.07) is 13.2. The molecule has 36 heavy (non-hydrogen) atoms. The third kappa shape index (κ3) is 5.59. The number of ether oxygens (including phenoxy) is 1. The van der Waals surface area contributed by atoms with Crippen molar-refractivity contribution in [2.75, 3.05) is 23.8 Å². The molecule has 1 aromatic heterocycles. The van der Waals surface area contributed by atoms with Crippen LogP contribution in [-0.4, -0.2) is 38.5 Å². The van der Waals surface area contributed by atoms with Crippen LogP contribution in [0.4, 0.5) is 15.9 Å². The maximum Gasteiger partial charge on any atom is 0.268 e. The van der Waals surface area contributed by atoms with Crippen molar-refractivity contribution in [1.82, 2.24) is 9.71 Å². The molecule has 10 heteroatoms. The minimum atomic E-state index is -4.15. The Morgan fingerprint density at radius 2 is 2.00 bits per heavy atom. The van der Waals surface area contributed by atoms with Crippen molar-refractivity contribution in [1.29, 1.82) is 0 Å². The van der Waals surface area contributed by atoms with Crippen molar-refractivity contribution in [2.24, 2.45) is 5.92 Å². The summed E-state index contributed by atoms with van der Waals surface area (Å²) in [7, 11) is -4.15. The maximum atomic E-state index is 14.4. The normalized spacial score (nSPS) is 15.5. The monoisotopic (exact) mass is 512 g/mol. The van der Waals surface area contributed by atoms with Gasteiger partial charge in [-0.25, -0.2) is 22.5 Å². The summed E-state index contributed by atoms with van der Waals surface area (Å²) >= 11 is 0. The fourth-order valence-electron chi connectivity index (χ4n) is 3.81. The number of carbonyl (C=O) groups excluding carboxylic acids is 1. The van der Waals surface area contributed by atoms with Gasteiger partial charge >= 0.3 is 0 Å². The Kier molecular flexibility index (Phi) is 7.16. The largest absolute Gasteiger partial charge is 0.493 e. The smallest absolute Gasteiger partial charge is 0.268 e. The summed E-state index contributed by atoms with van der Waals surface area (Å²) in [6.45, 7) is 7.08. The molecule has 0 saturated carbocycles. The first-order valence-corrected chi connectivity index (χ1v) is 13.2. The third-order valence-corrected chi connectivity index (χ3v) is 7.19. The average molecular weight is 513 g/mol. The number of nitrogens with zero attached hydrogens (tertiary/aromatic N) is 2. The summed E-state index contributed by atoms with van der Waals surface area (Å²) in [5.74, 6) is -0.293. The fourth-order valence-corrected chi connectivity index (χ4v) is 4.83. The van der Waals surface area contributed by atoms with E-state index in [1.165, 1.54) is 36.4 Å². The average Bonchev–Trinajstić information content (AvgIpc) is 2.81. The van der Waals surface area contributed by atoms with E-state index in [4.69, 9.17) is 10.5 Å². The number of pyridine rings is 1. The van der Waals surface area contributed by atoms with Crippen molar-refractivity contribution in [3.05, 3.63) is 66.0 Å². The van der Waals surface area contributed by atoms with E-state index < -0.39 is 21.7 Å². The second kappa shape index (κ2) is 10.1. The summed E-state index contributed by atoms with van der Waals surface area (Å²) in [6.07, 6.45) is 0.904. The van der Waals surface area contributed by atoms with Crippen molar-refractivity contribution in [3.63, 3.8) is 0 Å². The molecule has 3 N–H and O–H groups in total. The van der Waals surface area contributed by atoms with Crippen LogP contribution in [0.3, 0.4) is 0 Å². The molecule has 1 aliphatic heterocycles. The molecule has 0 radical (unpaired) electrons. The molecule has 1 unspecified atom stereocenters. The second-order valence-corrected chi connectivity index (χ2v) is 11.0. The van der Waals surface area contributed by atoms with Gasteiger partial charge in [-0.05, 0) is 61.7 Å². The van der Waals surface area contributed by atoms with Gasteiger partial charge in [0.05, 0.1) is 22.8 Å². The Morgan fingerprint density at radius 1 is 1.22 bits per heavy atom. The number of carbonyl (C=O) groups is 1. The topological polar surface area (TPSA) is 115 Å². The van der Waals surface area contributed by atoms with E-state index in [-0.39, 0.29) is 28.1 Å². The zero-order valence-corrected chi connectivity index (χ0v) is 21.2. The van der Waals surface area contributed by atoms with Crippen LogP contribution in [0.5, 0.6) is 5.75 Å². The van der Waals surface area contributed by atoms with Crippen molar-refractivity contribution >= 4 is 27.4 Å². The van der Waals surface area contributed by atoms with Crippen LogP contribution < -0.4 is 20.1 Å². The molecule has 1 amide bonds. The number of benzene rings is 2. The summed E-state index contributed by atoms with van der Waals surface area (Å²) < 4.78 is 47.7. The summed E-state index contributed by atoms with van der Waals surface area (Å²) in [5.41, 5.74) is 6.99. The number of anilines is 2. The van der Waals surface area contributed by atoms with Gasteiger partial charge < -0.3 is 15.4 Å². The number of nitrogens with two attached hydrogens (primary N) is 1. The molecule has 4 rings (SSSR count). The highest BCUT2D eigenvalue weighted by molar-refractivity contribution is 7.90. The van der Waals surface area contributed by atoms with E-state index >= 15 is 0 Å². The first kappa shape index (κ1) is 25.4. The van der Waals surface area contributed by atoms with Gasteiger partial charge in [0.1, 0.15) is 17.4 Å². The number of sulfonamides is 1. The van der Waals surface area contributed by atoms with Gasteiger partial charge in [0.25, 0.3) is 15.9 Å². The molecule has 0 aliphatic carbocycles. The Bertz CT molecular complexity index is 1390. The van der Waals surface area contributed by atoms with E-state index in [0.29, 0.717) is 36.0 Å². The van der Waals surface area contributed by atoms with Crippen LogP contribution in [-0.2, 0) is 10.0 Å². The quantitative estimate of drug-likeness (QED) is 0.434. The van der Waals surface area contributed by atoms with Crippen molar-refractivity contribution in [3.8, 4) is 17.0 Å². The van der Waals surface area contributed by atoms with Crippen LogP contribution in [0.25, 0.3) is 11.3 Å². The molecule has 0 spiro atoms. The lowest BCUT2D eigenvalue weighted by Gasteiger charge is -2.40. The lowest BCUT2D eigenvalue weighted by Crippen LogP contribution is -2.47. The SMILES string of the molecule is CC(C)COc1cc(F)cc(-c2ccc(C(=O)NS(=O)(=O)c3cccc(N)c3)c(N3CCC3C)n2)c1. The van der Waals surface area contributed by atoms with E-state index in [0.717, 1.165) is 6.42 Å². The van der Waals surface area contributed by atoms with Crippen molar-refractivity contribution < 1.29 is 22.3 Å². The van der Waals surface area contributed by atoms with Crippen LogP contribution in [0, 0.1) is 11.7 Å². The highest BCUT2D eigenvalue weighted by atomic mass is 32.2. The predicted octanol–water partition coefficient (Wildman–Crippen LogP) is 4.22. The van der Waals surface area contributed by atoms with Gasteiger partial charge in [-0.2, -0.15) is 0 Å². The Hall–Kier alpha value is -3.66. The Morgan fingerprint density at radius 3 is 2.64 bits per heavy atom. The minimum absolute atomic E-state index is 0.102. The molecule has 1 saturated heterocycles. The van der Waals surface area contributed by atoms with Crippen LogP contribution in [0.1, 0.15) is 37.6 Å². The van der Waals surface area contributed by atoms with Gasteiger partial charge in [0.2, 0.25) is 0 Å². The van der Waals surface area contributed by atoms with Gasteiger partial charge in [0, 0.05) is 29.9 Å². The zero-order valence-electron chi connectivity index (χ0n) is 20.4. The predicted molar refractivity (Wildman–Crippen MR) is 137 cm³/mol. The van der Waals surface area contributed by atoms with E-state index in [2.05, 4.69) is 9.71 Å². The number of amides is 1. The molecule has 2 heterocycles. The van der Waals surface area contributed by atoms with Crippen LogP contribution >= 0.6 is 0 Å². The molecular formula is C26H29FN4O4S. The van der Waals surface area contributed by atoms with Gasteiger partial charge in [-0.1, -0.05) is 19.9 Å². The number of rotatable bonds is 8. The molecule has 0 bridgehead atoms. The van der Waals surface area contributed by atoms with E-state index in [9.17, 15) is 17.6 Å². The third-order valence-electron chi connectivity index (χ3n) is 5.86. The molecule has 8 nitrogen and oxygen atoms in total. The van der Waals surface area contributed by atoms with Crippen molar-refractivity contribution in [2.45, 2.75) is 38.1 Å². The van der Waals surface area contributed by atoms with Crippen LogP contribution in [0.2, 0.25) is 0 Å². The number of aromatic nitrogens is 1. The number of hydrogen-bond acceptors (Lipinski definition) is 7. The molecular weight excluding hydrogens is 483 g/mol. The molecule has 2 aromatic carbocycles. The molecule has 3 aromatic rings. The first-order chi connectivity index (χ1) is 17.0. The van der Waals surface area contributed by atoms with E-state index in [1.807, 2.05) is 25.7 Å². The summed E-state index contributed by atoms with van der Waals surface area (Å²) in [5, 5.41) is 0. The molecule has 1 aliphatic rings. The first-order valence-electron chi connectivity index (χ1n) is 11.7. The highest BCUT2D eigenvalue weighted by Gasteiger charge is 2.30. The maximum absolute atomic E-state index is 14.4. The zero-order chi connectivity index (χ0) is 26.0. The fraction of sp³-hybridized carbons (Fsp3) is 0.308. The standard InChI is InChI=1S/C26H29FN4O4S/c1-16(2)15-35-21-12-18(11-19(27)13-21)24-8-7-23(25(29-24)31-10-9-17(31)3)26(32)30-36(33,34)22-6-4-5-20(28)14-22/h4-8,11-14,16-17H,9-10,15,28H2,1-3H3,(H,30,32). The number of hydrogen-bond donors (Lipinski definition) is 2. The van der Waals surface area contributed by atoms with E-state index in [1.54, 1.807) is 18.2 Å². The number of nitrogen functional groups attached to an aromatic ring is 1. The highest BCUT2D eigenvalue weighted by Crippen LogP contribution is 2.32. The van der Waals surface area contributed by atoms with Gasteiger partial charge in [-0.3, -0.25) is 4.79 Å². The molecule has 1 fully saturated rings. The molecule has 1 atom stereocenters. The lowest BCUT2D eigenvalue weighted by molar-refractivity contribution is 0.0981. The number of halogens is 1. The molecule has 190 valence electrons. The Labute approximate surface area is 210 Å². The van der Waals surface area contributed by atoms with Crippen LogP contribution in [0.15, 0.2) is 59.5 Å². The Balaban J connectivity index is 1.69. The second-order valence-electron chi connectivity index (χ2n) is 9.29. The minimum Gasteiger partial charge on any atom is -0.493 e. The van der Waals surface area contributed by atoms with Gasteiger partial charge in [0.15, 0.2) is 0 Å². The summed E-state index contributed by atoms with van der Waals surface area (Å²) in [4.78, 5) is 19.6. The van der Waals surface area contributed by atoms with Gasteiger partial charge in [-0.15, -0.1) is 0 Å². The lowest BCUT2D eigenvalue weighted by atomic mass is 10.0. The number of nitrogens with one attached hydrogen (secondary N) is 1.